The molecule has 0 aliphatic carbocycles. The van der Waals surface area contributed by atoms with Crippen molar-refractivity contribution in [2.45, 2.75) is 64.4 Å². The zero-order chi connectivity index (χ0) is 21.0. The van der Waals surface area contributed by atoms with Gasteiger partial charge in [0.2, 0.25) is 5.91 Å². The molecule has 2 heterocycles. The Labute approximate surface area is 177 Å². The van der Waals surface area contributed by atoms with Crippen LogP contribution in [-0.4, -0.2) is 40.9 Å². The number of hydrogen-bond donors (Lipinski definition) is 4. The standard InChI is InChI=1S/C21H32N6OS/c1-5-7-12-23-20(28)16(6-2)29-21-24-19-17(14(4)25-26-19)18(22)27(21)15-11-9-8-10-13(15)3/h8-11,14,16-17,19,22,25-26H,5-7,12H2,1-4H3,(H,23,28). The van der Waals surface area contributed by atoms with Gasteiger partial charge in [-0.25, -0.2) is 10.4 Å². The van der Waals surface area contributed by atoms with E-state index in [1.807, 2.05) is 43.0 Å². The number of fused-ring (bicyclic) bond motifs is 1. The van der Waals surface area contributed by atoms with Crippen molar-refractivity contribution in [3.63, 3.8) is 0 Å². The van der Waals surface area contributed by atoms with E-state index in [2.05, 4.69) is 30.0 Å². The van der Waals surface area contributed by atoms with Gasteiger partial charge >= 0.3 is 0 Å². The lowest BCUT2D eigenvalue weighted by Crippen LogP contribution is -2.51. The van der Waals surface area contributed by atoms with Gasteiger partial charge in [-0.3, -0.25) is 20.5 Å². The van der Waals surface area contributed by atoms with Crippen LogP contribution in [0.5, 0.6) is 0 Å². The number of amidine groups is 2. The molecule has 2 aliphatic rings. The molecule has 2 aliphatic heterocycles. The highest BCUT2D eigenvalue weighted by Crippen LogP contribution is 2.34. The molecular formula is C21H32N6OS. The summed E-state index contributed by atoms with van der Waals surface area (Å²) in [5, 5.41) is 12.5. The van der Waals surface area contributed by atoms with E-state index in [4.69, 9.17) is 10.4 Å². The molecule has 4 atom stereocenters. The highest BCUT2D eigenvalue weighted by Gasteiger charge is 2.44. The van der Waals surface area contributed by atoms with Crippen LogP contribution < -0.4 is 21.1 Å². The fourth-order valence-electron chi connectivity index (χ4n) is 3.68. The number of benzene rings is 1. The van der Waals surface area contributed by atoms with Crippen molar-refractivity contribution >= 4 is 34.4 Å². The van der Waals surface area contributed by atoms with Gasteiger partial charge in [0.15, 0.2) is 5.17 Å². The third kappa shape index (κ3) is 4.65. The summed E-state index contributed by atoms with van der Waals surface area (Å²) >= 11 is 1.45. The van der Waals surface area contributed by atoms with E-state index in [9.17, 15) is 4.79 Å². The first-order valence-corrected chi connectivity index (χ1v) is 11.3. The van der Waals surface area contributed by atoms with Gasteiger partial charge in [0, 0.05) is 12.6 Å². The van der Waals surface area contributed by atoms with Crippen LogP contribution in [0.3, 0.4) is 0 Å². The smallest absolute Gasteiger partial charge is 0.233 e. The number of nitrogens with zero attached hydrogens (tertiary/aromatic N) is 2. The Morgan fingerprint density at radius 3 is 2.79 bits per heavy atom. The van der Waals surface area contributed by atoms with Crippen LogP contribution >= 0.6 is 11.8 Å². The molecule has 0 saturated carbocycles. The highest BCUT2D eigenvalue weighted by molar-refractivity contribution is 8.15. The van der Waals surface area contributed by atoms with E-state index in [1.54, 1.807) is 0 Å². The van der Waals surface area contributed by atoms with Crippen molar-refractivity contribution in [3.8, 4) is 0 Å². The molecule has 0 bridgehead atoms. The lowest BCUT2D eigenvalue weighted by molar-refractivity contribution is -0.120. The van der Waals surface area contributed by atoms with Crippen LogP contribution in [0.1, 0.15) is 45.6 Å². The van der Waals surface area contributed by atoms with E-state index in [0.717, 1.165) is 24.1 Å². The van der Waals surface area contributed by atoms with E-state index >= 15 is 0 Å². The molecule has 1 aromatic rings. The van der Waals surface area contributed by atoms with Gasteiger partial charge in [-0.05, 0) is 38.3 Å². The second-order valence-corrected chi connectivity index (χ2v) is 8.80. The molecule has 7 nitrogen and oxygen atoms in total. The Hall–Kier alpha value is -1.90. The van der Waals surface area contributed by atoms with Gasteiger partial charge in [-0.2, -0.15) is 0 Å². The van der Waals surface area contributed by atoms with Crippen LogP contribution in [0.4, 0.5) is 5.69 Å². The summed E-state index contributed by atoms with van der Waals surface area (Å²) in [4.78, 5) is 19.6. The first-order chi connectivity index (χ1) is 14.0. The number of amides is 1. The monoisotopic (exact) mass is 416 g/mol. The number of carbonyl (C=O) groups excluding carboxylic acids is 1. The van der Waals surface area contributed by atoms with Crippen molar-refractivity contribution < 1.29 is 4.79 Å². The zero-order valence-electron chi connectivity index (χ0n) is 17.7. The Kier molecular flexibility index (Phi) is 7.32. The molecule has 4 N–H and O–H groups in total. The summed E-state index contributed by atoms with van der Waals surface area (Å²) in [5.41, 5.74) is 8.44. The first-order valence-electron chi connectivity index (χ1n) is 10.4. The molecule has 4 unspecified atom stereocenters. The van der Waals surface area contributed by atoms with Crippen molar-refractivity contribution in [1.29, 1.82) is 5.41 Å². The minimum absolute atomic E-state index is 0.0397. The topological polar surface area (TPSA) is 92.6 Å². The van der Waals surface area contributed by atoms with Crippen molar-refractivity contribution in [1.82, 2.24) is 16.2 Å². The Morgan fingerprint density at radius 2 is 2.10 bits per heavy atom. The minimum atomic E-state index is -0.242. The van der Waals surface area contributed by atoms with E-state index in [0.29, 0.717) is 24.0 Å². The number of anilines is 1. The van der Waals surface area contributed by atoms with Crippen LogP contribution in [0.25, 0.3) is 0 Å². The number of aryl methyl sites for hydroxylation is 1. The van der Waals surface area contributed by atoms with E-state index in [1.165, 1.54) is 11.8 Å². The average Bonchev–Trinajstić information content (AvgIpc) is 3.08. The number of carbonyl (C=O) groups is 1. The number of aliphatic imine (C=N–C) groups is 1. The van der Waals surface area contributed by atoms with Gasteiger partial charge in [0.05, 0.1) is 16.9 Å². The molecule has 1 amide bonds. The SMILES string of the molecule is CCCCNC(=O)C(CC)SC1=NC2NNC(C)C2C(=N)N1c1ccccc1C. The minimum Gasteiger partial charge on any atom is -0.355 e. The van der Waals surface area contributed by atoms with Gasteiger partial charge in [0.1, 0.15) is 12.0 Å². The summed E-state index contributed by atoms with van der Waals surface area (Å²) in [7, 11) is 0. The van der Waals surface area contributed by atoms with Crippen molar-refractivity contribution in [2.75, 3.05) is 11.4 Å². The number of para-hydroxylation sites is 1. The third-order valence-electron chi connectivity index (χ3n) is 5.43. The maximum absolute atomic E-state index is 12.7. The quantitative estimate of drug-likeness (QED) is 0.513. The highest BCUT2D eigenvalue weighted by atomic mass is 32.2. The van der Waals surface area contributed by atoms with Gasteiger partial charge in [0.25, 0.3) is 0 Å². The lowest BCUT2D eigenvalue weighted by Gasteiger charge is -2.37. The van der Waals surface area contributed by atoms with Crippen LogP contribution in [0.15, 0.2) is 29.3 Å². The van der Waals surface area contributed by atoms with Gasteiger partial charge in [-0.1, -0.05) is 50.2 Å². The molecular weight excluding hydrogens is 384 g/mol. The van der Waals surface area contributed by atoms with Crippen LogP contribution in [0.2, 0.25) is 0 Å². The molecule has 158 valence electrons. The summed E-state index contributed by atoms with van der Waals surface area (Å²) < 4.78 is 0. The molecule has 0 radical (unpaired) electrons. The average molecular weight is 417 g/mol. The molecule has 29 heavy (non-hydrogen) atoms. The maximum Gasteiger partial charge on any atom is 0.233 e. The van der Waals surface area contributed by atoms with Crippen LogP contribution in [0, 0.1) is 18.3 Å². The second kappa shape index (κ2) is 9.73. The lowest BCUT2D eigenvalue weighted by atomic mass is 9.96. The molecule has 3 rings (SSSR count). The number of unbranched alkanes of at least 4 members (excludes halogenated alkanes) is 1. The van der Waals surface area contributed by atoms with Gasteiger partial charge in [-0.15, -0.1) is 0 Å². The predicted molar refractivity (Wildman–Crippen MR) is 121 cm³/mol. The fraction of sp³-hybridized carbons (Fsp3) is 0.571. The number of nitrogens with one attached hydrogen (secondary N) is 4. The Morgan fingerprint density at radius 1 is 1.34 bits per heavy atom. The molecule has 1 saturated heterocycles. The largest absolute Gasteiger partial charge is 0.355 e. The van der Waals surface area contributed by atoms with Crippen molar-refractivity contribution in [2.24, 2.45) is 10.9 Å². The fourth-order valence-corrected chi connectivity index (χ4v) is 4.77. The maximum atomic E-state index is 12.7. The number of hydrazine groups is 1. The predicted octanol–water partition coefficient (Wildman–Crippen LogP) is 3.01. The van der Waals surface area contributed by atoms with Crippen molar-refractivity contribution in [3.05, 3.63) is 29.8 Å². The third-order valence-corrected chi connectivity index (χ3v) is 6.76. The molecule has 1 fully saturated rings. The summed E-state index contributed by atoms with van der Waals surface area (Å²) in [6.07, 6.45) is 2.54. The molecule has 1 aromatic carbocycles. The normalized spacial score (nSPS) is 24.8. The molecule has 8 heteroatoms. The summed E-state index contributed by atoms with van der Waals surface area (Å²) in [6, 6.07) is 8.14. The Balaban J connectivity index is 1.90. The first kappa shape index (κ1) is 21.8. The van der Waals surface area contributed by atoms with Gasteiger partial charge < -0.3 is 5.32 Å². The second-order valence-electron chi connectivity index (χ2n) is 7.63. The van der Waals surface area contributed by atoms with E-state index < -0.39 is 0 Å². The number of thioether (sulfide) groups is 1. The number of rotatable bonds is 7. The summed E-state index contributed by atoms with van der Waals surface area (Å²) in [6.45, 7) is 8.93. The summed E-state index contributed by atoms with van der Waals surface area (Å²) in [5.74, 6) is 0.489. The van der Waals surface area contributed by atoms with Crippen LogP contribution in [-0.2, 0) is 4.79 Å². The number of hydrogen-bond acceptors (Lipinski definition) is 6. The Bertz CT molecular complexity index is 782. The molecule has 0 spiro atoms. The van der Waals surface area contributed by atoms with E-state index in [-0.39, 0.29) is 29.3 Å². The zero-order valence-corrected chi connectivity index (χ0v) is 18.5. The molecule has 0 aromatic heterocycles.